The van der Waals surface area contributed by atoms with Crippen molar-refractivity contribution < 1.29 is 14.3 Å². The Morgan fingerprint density at radius 2 is 1.50 bits per heavy atom. The number of benzene rings is 2. The lowest BCUT2D eigenvalue weighted by Gasteiger charge is -1.99. The molecule has 0 radical (unpaired) electrons. The van der Waals surface area contributed by atoms with E-state index in [0.717, 1.165) is 12.0 Å². The van der Waals surface area contributed by atoms with E-state index in [2.05, 4.69) is 0 Å². The molecule has 0 spiro atoms. The van der Waals surface area contributed by atoms with E-state index >= 15 is 0 Å². The van der Waals surface area contributed by atoms with Crippen LogP contribution in [0.2, 0.25) is 0 Å². The maximum atomic E-state index is 10.6. The topological polar surface area (TPSA) is 43.4 Å². The van der Waals surface area contributed by atoms with Crippen LogP contribution < -0.4 is 4.74 Å². The highest BCUT2D eigenvalue weighted by molar-refractivity contribution is 5.75. The number of ketones is 1. The maximum Gasteiger partial charge on any atom is 0.308 e. The van der Waals surface area contributed by atoms with Gasteiger partial charge in [-0.25, -0.2) is 0 Å². The Hall–Kier alpha value is -2.42. The van der Waals surface area contributed by atoms with Crippen LogP contribution in [0.5, 0.6) is 5.75 Å². The summed E-state index contributed by atoms with van der Waals surface area (Å²) in [7, 11) is 0. The van der Waals surface area contributed by atoms with Gasteiger partial charge in [0.1, 0.15) is 11.5 Å². The van der Waals surface area contributed by atoms with Crippen LogP contribution >= 0.6 is 0 Å². The minimum atomic E-state index is -0.283. The third kappa shape index (κ3) is 8.00. The Kier molecular flexibility index (Phi) is 7.62. The molecular formula is C19H22O3. The van der Waals surface area contributed by atoms with Crippen LogP contribution in [0.1, 0.15) is 31.4 Å². The minimum absolute atomic E-state index is 0.258. The van der Waals surface area contributed by atoms with Gasteiger partial charge in [0.25, 0.3) is 0 Å². The molecule has 0 fully saturated rings. The predicted molar refractivity (Wildman–Crippen MR) is 87.9 cm³/mol. The van der Waals surface area contributed by atoms with Crippen LogP contribution in [0, 0.1) is 6.92 Å². The highest BCUT2D eigenvalue weighted by atomic mass is 16.5. The average molecular weight is 298 g/mol. The number of carbonyl (C=O) groups is 2. The smallest absolute Gasteiger partial charge is 0.308 e. The second-order valence-corrected chi connectivity index (χ2v) is 5.09. The molecule has 2 aromatic carbocycles. The van der Waals surface area contributed by atoms with Gasteiger partial charge < -0.3 is 9.53 Å². The molecule has 116 valence electrons. The summed E-state index contributed by atoms with van der Waals surface area (Å²) in [4.78, 5) is 21.1. The van der Waals surface area contributed by atoms with Gasteiger partial charge in [0.2, 0.25) is 0 Å². The van der Waals surface area contributed by atoms with E-state index < -0.39 is 0 Å². The average Bonchev–Trinajstić information content (AvgIpc) is 2.49. The van der Waals surface area contributed by atoms with Crippen LogP contribution in [-0.4, -0.2) is 11.8 Å². The monoisotopic (exact) mass is 298 g/mol. The zero-order chi connectivity index (χ0) is 16.4. The van der Waals surface area contributed by atoms with Gasteiger partial charge in [0.15, 0.2) is 0 Å². The lowest BCUT2D eigenvalue weighted by Crippen LogP contribution is -2.00. The predicted octanol–water partition coefficient (Wildman–Crippen LogP) is 4.13. The number of aryl methyl sites for hydroxylation is 2. The number of esters is 1. The van der Waals surface area contributed by atoms with E-state index in [4.69, 9.17) is 4.74 Å². The van der Waals surface area contributed by atoms with Crippen molar-refractivity contribution in [3.63, 3.8) is 0 Å². The van der Waals surface area contributed by atoms with Crippen LogP contribution in [0.4, 0.5) is 0 Å². The summed E-state index contributed by atoms with van der Waals surface area (Å²) in [6.45, 7) is 5.00. The van der Waals surface area contributed by atoms with Gasteiger partial charge in [0, 0.05) is 13.3 Å². The fourth-order valence-corrected chi connectivity index (χ4v) is 1.74. The molecule has 0 aliphatic carbocycles. The number of hydrogen-bond acceptors (Lipinski definition) is 3. The summed E-state index contributed by atoms with van der Waals surface area (Å²) in [6.07, 6.45) is 1.53. The molecule has 3 heteroatoms. The van der Waals surface area contributed by atoms with Crippen molar-refractivity contribution in [1.82, 2.24) is 0 Å². The van der Waals surface area contributed by atoms with E-state index in [1.54, 1.807) is 19.1 Å². The Morgan fingerprint density at radius 3 is 2.00 bits per heavy atom. The third-order valence-electron chi connectivity index (χ3n) is 2.89. The SMILES string of the molecule is CC(=O)CCc1ccccc1.CC(=O)Oc1ccc(C)cc1. The number of ether oxygens (including phenoxy) is 1. The van der Waals surface area contributed by atoms with Crippen molar-refractivity contribution in [2.75, 3.05) is 0 Å². The maximum absolute atomic E-state index is 10.6. The molecule has 2 rings (SSSR count). The second-order valence-electron chi connectivity index (χ2n) is 5.09. The molecule has 0 saturated heterocycles. The molecule has 0 N–H and O–H groups in total. The zero-order valence-electron chi connectivity index (χ0n) is 13.3. The first-order valence-corrected chi connectivity index (χ1v) is 7.26. The van der Waals surface area contributed by atoms with Crippen molar-refractivity contribution in [3.8, 4) is 5.75 Å². The van der Waals surface area contributed by atoms with Gasteiger partial charge in [-0.3, -0.25) is 4.79 Å². The molecular weight excluding hydrogens is 276 g/mol. The molecule has 0 saturated carbocycles. The summed E-state index contributed by atoms with van der Waals surface area (Å²) < 4.78 is 4.83. The summed E-state index contributed by atoms with van der Waals surface area (Å²) in [5, 5.41) is 0. The Morgan fingerprint density at radius 1 is 0.909 bits per heavy atom. The first kappa shape index (κ1) is 17.6. The van der Waals surface area contributed by atoms with Crippen LogP contribution in [0.3, 0.4) is 0 Å². The zero-order valence-corrected chi connectivity index (χ0v) is 13.3. The highest BCUT2D eigenvalue weighted by Crippen LogP contribution is 2.10. The third-order valence-corrected chi connectivity index (χ3v) is 2.89. The number of hydrogen-bond donors (Lipinski definition) is 0. The minimum Gasteiger partial charge on any atom is -0.427 e. The van der Waals surface area contributed by atoms with Crippen LogP contribution in [-0.2, 0) is 16.0 Å². The first-order chi connectivity index (χ1) is 10.5. The van der Waals surface area contributed by atoms with E-state index in [1.165, 1.54) is 12.5 Å². The van der Waals surface area contributed by atoms with Crippen molar-refractivity contribution in [1.29, 1.82) is 0 Å². The van der Waals surface area contributed by atoms with Crippen LogP contribution in [0.15, 0.2) is 54.6 Å². The fraction of sp³-hybridized carbons (Fsp3) is 0.263. The van der Waals surface area contributed by atoms with E-state index in [-0.39, 0.29) is 11.8 Å². The lowest BCUT2D eigenvalue weighted by atomic mass is 10.1. The molecule has 0 heterocycles. The molecule has 0 amide bonds. The molecule has 2 aromatic rings. The fourth-order valence-electron chi connectivity index (χ4n) is 1.74. The standard InChI is InChI=1S/C10H12O.C9H10O2/c1-9(11)7-8-10-5-3-2-4-6-10;1-7-3-5-9(6-4-7)11-8(2)10/h2-6H,7-8H2,1H3;3-6H,1-2H3. The van der Waals surface area contributed by atoms with Crippen molar-refractivity contribution in [3.05, 3.63) is 65.7 Å². The van der Waals surface area contributed by atoms with Crippen LogP contribution in [0.25, 0.3) is 0 Å². The Balaban J connectivity index is 0.000000220. The molecule has 0 bridgehead atoms. The summed E-state index contributed by atoms with van der Waals surface area (Å²) >= 11 is 0. The molecule has 0 atom stereocenters. The molecule has 0 unspecified atom stereocenters. The number of rotatable bonds is 4. The van der Waals surface area contributed by atoms with E-state index in [1.807, 2.05) is 49.4 Å². The summed E-state index contributed by atoms with van der Waals surface area (Å²) in [5.41, 5.74) is 2.39. The molecule has 22 heavy (non-hydrogen) atoms. The highest BCUT2D eigenvalue weighted by Gasteiger charge is 1.95. The molecule has 0 aliphatic heterocycles. The van der Waals surface area contributed by atoms with Gasteiger partial charge in [-0.15, -0.1) is 0 Å². The Bertz CT molecular complexity index is 586. The number of Topliss-reactive ketones (excluding diaryl/α,β-unsaturated/α-hetero) is 1. The van der Waals surface area contributed by atoms with Gasteiger partial charge >= 0.3 is 5.97 Å². The van der Waals surface area contributed by atoms with Gasteiger partial charge in [-0.05, 0) is 38.0 Å². The first-order valence-electron chi connectivity index (χ1n) is 7.26. The van der Waals surface area contributed by atoms with Gasteiger partial charge in [-0.1, -0.05) is 48.0 Å². The normalized spacial score (nSPS) is 9.41. The van der Waals surface area contributed by atoms with Gasteiger partial charge in [0.05, 0.1) is 0 Å². The van der Waals surface area contributed by atoms with Crippen molar-refractivity contribution >= 4 is 11.8 Å². The summed E-state index contributed by atoms with van der Waals surface area (Å²) in [5.74, 6) is 0.575. The van der Waals surface area contributed by atoms with E-state index in [0.29, 0.717) is 12.2 Å². The Labute approximate surface area is 131 Å². The van der Waals surface area contributed by atoms with Crippen molar-refractivity contribution in [2.45, 2.75) is 33.6 Å². The van der Waals surface area contributed by atoms with E-state index in [9.17, 15) is 9.59 Å². The molecule has 0 aliphatic rings. The number of carbonyl (C=O) groups excluding carboxylic acids is 2. The van der Waals surface area contributed by atoms with Gasteiger partial charge in [-0.2, -0.15) is 0 Å². The molecule has 3 nitrogen and oxygen atoms in total. The van der Waals surface area contributed by atoms with Crippen molar-refractivity contribution in [2.24, 2.45) is 0 Å². The quantitative estimate of drug-likeness (QED) is 0.629. The summed E-state index contributed by atoms with van der Waals surface area (Å²) in [6, 6.07) is 17.4. The second kappa shape index (κ2) is 9.50. The molecule has 0 aromatic heterocycles. The lowest BCUT2D eigenvalue weighted by molar-refractivity contribution is -0.131. The largest absolute Gasteiger partial charge is 0.427 e.